The SMILES string of the molecule is CC(C)(C)[C@H](c1nc(-c2ccccc2)cn1Cc1ccccc1)N1CC(C=O)COCC1=O.CC(C)(C)[C@H](c1nc(-c2ccccc2)nn1Cc1ccccc1)N1C[C@@H](CO)COCC1=O.CC(C)(C)[C@H](c1nc(-c2ccccc2)nn1Cc1ccccc1)N1C[C@H](CO)COCC1=O.[B].[H-].[Na+]. The van der Waals surface area contributed by atoms with E-state index in [1.807, 2.05) is 165 Å². The Balaban J connectivity index is 0.000000211. The minimum Gasteiger partial charge on any atom is -1.00 e. The summed E-state index contributed by atoms with van der Waals surface area (Å²) >= 11 is 0. The van der Waals surface area contributed by atoms with Crippen LogP contribution < -0.4 is 29.6 Å². The van der Waals surface area contributed by atoms with Crippen molar-refractivity contribution >= 4 is 32.4 Å². The van der Waals surface area contributed by atoms with Crippen LogP contribution in [0.5, 0.6) is 0 Å². The van der Waals surface area contributed by atoms with Gasteiger partial charge in [-0.25, -0.2) is 24.3 Å². The normalized spacial score (nSPS) is 17.8. The predicted molar refractivity (Wildman–Crippen MR) is 387 cm³/mol. The molecule has 0 bridgehead atoms. The first-order valence-corrected chi connectivity index (χ1v) is 34.1. The Kier molecular flexibility index (Phi) is 28.0. The van der Waals surface area contributed by atoms with E-state index in [0.29, 0.717) is 64.1 Å². The summed E-state index contributed by atoms with van der Waals surface area (Å²) in [5, 5.41) is 29.4. The molecule has 2 N–H and O–H groups in total. The van der Waals surface area contributed by atoms with E-state index in [-0.39, 0.29) is 149 Å². The Morgan fingerprint density at radius 3 is 1.14 bits per heavy atom. The molecule has 101 heavy (non-hydrogen) atoms. The summed E-state index contributed by atoms with van der Waals surface area (Å²) in [7, 11) is 0. The van der Waals surface area contributed by atoms with Gasteiger partial charge in [0, 0.05) is 82.5 Å². The number of ether oxygens (including phenoxy) is 3. The van der Waals surface area contributed by atoms with Crippen molar-refractivity contribution in [2.75, 3.05) is 72.5 Å². The maximum Gasteiger partial charge on any atom is 1.00 e. The van der Waals surface area contributed by atoms with Gasteiger partial charge in [0.05, 0.1) is 62.6 Å². The number of rotatable bonds is 18. The quantitative estimate of drug-likeness (QED) is 0.0611. The van der Waals surface area contributed by atoms with Crippen LogP contribution in [0.25, 0.3) is 34.0 Å². The van der Waals surface area contributed by atoms with Crippen LogP contribution in [0.2, 0.25) is 0 Å². The van der Waals surface area contributed by atoms with Gasteiger partial charge in [-0.1, -0.05) is 244 Å². The molecule has 0 spiro atoms. The van der Waals surface area contributed by atoms with Crippen molar-refractivity contribution in [3.63, 3.8) is 0 Å². The number of imidazole rings is 1. The molecule has 12 rings (SSSR count). The molecule has 3 saturated heterocycles. The fraction of sp³-hybridized carbons (Fsp3) is 0.405. The maximum absolute atomic E-state index is 13.1. The number of aldehydes is 1. The second kappa shape index (κ2) is 36.1. The number of nitrogens with zero attached hydrogens (tertiary/aromatic N) is 11. The molecule has 20 nitrogen and oxygen atoms in total. The molecule has 525 valence electrons. The number of benzene rings is 6. The summed E-state index contributed by atoms with van der Waals surface area (Å²) in [6.07, 6.45) is 2.95. The topological polar surface area (TPSA) is 225 Å². The van der Waals surface area contributed by atoms with E-state index < -0.39 is 0 Å². The van der Waals surface area contributed by atoms with Gasteiger partial charge in [-0.2, -0.15) is 10.2 Å². The van der Waals surface area contributed by atoms with E-state index in [2.05, 4.69) is 109 Å². The van der Waals surface area contributed by atoms with Gasteiger partial charge >= 0.3 is 29.6 Å². The third-order valence-corrected chi connectivity index (χ3v) is 17.7. The second-order valence-corrected chi connectivity index (χ2v) is 29.1. The molecule has 3 amide bonds. The Morgan fingerprint density at radius 1 is 0.455 bits per heavy atom. The molecular formula is C79H96BN11NaO9. The van der Waals surface area contributed by atoms with Gasteiger partial charge in [0.1, 0.15) is 31.9 Å². The van der Waals surface area contributed by atoms with Crippen LogP contribution in [0.3, 0.4) is 0 Å². The smallest absolute Gasteiger partial charge is 1.00 e. The summed E-state index contributed by atoms with van der Waals surface area (Å²) in [4.78, 5) is 71.6. The van der Waals surface area contributed by atoms with E-state index in [0.717, 1.165) is 62.8 Å². The fourth-order valence-electron chi connectivity index (χ4n) is 13.1. The first-order valence-electron chi connectivity index (χ1n) is 34.1. The van der Waals surface area contributed by atoms with Crippen LogP contribution in [-0.2, 0) is 53.0 Å². The number of hydrogen-bond donors (Lipinski definition) is 2. The van der Waals surface area contributed by atoms with Gasteiger partial charge in [-0.15, -0.1) is 0 Å². The van der Waals surface area contributed by atoms with Crippen molar-refractivity contribution in [3.8, 4) is 34.0 Å². The first kappa shape index (κ1) is 78.5. The van der Waals surface area contributed by atoms with E-state index in [9.17, 15) is 29.4 Å². The number of amides is 3. The zero-order valence-electron chi connectivity index (χ0n) is 61.1. The predicted octanol–water partition coefficient (Wildman–Crippen LogP) is 8.19. The summed E-state index contributed by atoms with van der Waals surface area (Å²) in [5.41, 5.74) is 6.14. The molecule has 9 aromatic rings. The summed E-state index contributed by atoms with van der Waals surface area (Å²) in [6.45, 7) is 22.7. The van der Waals surface area contributed by atoms with Crippen molar-refractivity contribution in [1.29, 1.82) is 0 Å². The van der Waals surface area contributed by atoms with Crippen LogP contribution in [0, 0.1) is 34.0 Å². The van der Waals surface area contributed by atoms with E-state index in [1.165, 1.54) is 0 Å². The molecule has 6 aromatic carbocycles. The Labute approximate surface area is 619 Å². The molecule has 3 aromatic heterocycles. The molecule has 22 heteroatoms. The minimum absolute atomic E-state index is 0. The molecular weight excluding hydrogens is 1280 g/mol. The molecule has 0 saturated carbocycles. The average Bonchev–Trinajstić information content (AvgIpc) is 1.59. The zero-order chi connectivity index (χ0) is 70.3. The summed E-state index contributed by atoms with van der Waals surface area (Å²) in [5.74, 6) is 2.60. The second-order valence-electron chi connectivity index (χ2n) is 29.1. The average molecular weight is 1380 g/mol. The standard InChI is InChI=1S/C27H31N3O3.2C26H32N4O3.B.Na.H/c1-27(2,3)25(30-15-21(17-31)18-33-19-24(30)32)26-28-23(22-12-8-5-9-13-22)16-29(26)14-20-10-6-4-7-11-20;2*1-26(2,3)23(29-14-20(16-31)17-33-18-22(29)32)25-27-24(21-12-8-5-9-13-21)28-30(25)15-19-10-6-4-7-11-19;;;/h4-13,16-17,21,25H,14-15,18-19H2,1-3H3;2*4-13,20,23,31H,14-18H2,1-3H3;;;/q;;;;+1;-1/t21?,25-;20-,23+;20-,23-;;;/m010.../s1. The van der Waals surface area contributed by atoms with Gasteiger partial charge in [-0.05, 0) is 32.9 Å². The van der Waals surface area contributed by atoms with Gasteiger partial charge in [0.25, 0.3) is 0 Å². The Morgan fingerprint density at radius 2 is 0.782 bits per heavy atom. The third-order valence-electron chi connectivity index (χ3n) is 17.7. The largest absolute Gasteiger partial charge is 1.00 e. The van der Waals surface area contributed by atoms with Crippen LogP contribution in [0.15, 0.2) is 188 Å². The molecule has 3 radical (unpaired) electrons. The Hall–Kier alpha value is -8.25. The van der Waals surface area contributed by atoms with E-state index in [1.54, 1.807) is 4.90 Å². The monoisotopic (exact) mass is 1380 g/mol. The van der Waals surface area contributed by atoms with Gasteiger partial charge in [0.15, 0.2) is 23.3 Å². The maximum atomic E-state index is 13.1. The van der Waals surface area contributed by atoms with Crippen molar-refractivity contribution in [1.82, 2.24) is 53.8 Å². The number of hydrogen-bond acceptors (Lipinski definition) is 14. The number of carbonyl (C=O) groups excluding carboxylic acids is 4. The minimum atomic E-state index is -0.354. The number of aromatic nitrogens is 8. The molecule has 3 fully saturated rings. The fourth-order valence-corrected chi connectivity index (χ4v) is 13.1. The van der Waals surface area contributed by atoms with Crippen molar-refractivity contribution in [3.05, 3.63) is 222 Å². The van der Waals surface area contributed by atoms with Crippen molar-refractivity contribution < 1.29 is 74.6 Å². The summed E-state index contributed by atoms with van der Waals surface area (Å²) in [6, 6.07) is 59.3. The first-order chi connectivity index (χ1) is 47.6. The van der Waals surface area contributed by atoms with Crippen molar-refractivity contribution in [2.24, 2.45) is 34.0 Å². The molecule has 6 heterocycles. The Bertz CT molecular complexity index is 3890. The van der Waals surface area contributed by atoms with Crippen LogP contribution >= 0.6 is 0 Å². The van der Waals surface area contributed by atoms with E-state index >= 15 is 0 Å². The summed E-state index contributed by atoms with van der Waals surface area (Å²) < 4.78 is 22.6. The van der Waals surface area contributed by atoms with Gasteiger partial charge in [-0.3, -0.25) is 14.4 Å². The van der Waals surface area contributed by atoms with E-state index in [4.69, 9.17) is 39.4 Å². The molecule has 1 unspecified atom stereocenters. The number of aliphatic hydroxyl groups excluding tert-OH is 2. The molecule has 6 atom stereocenters. The third kappa shape index (κ3) is 20.5. The van der Waals surface area contributed by atoms with Crippen LogP contribution in [-0.4, -0.2) is 169 Å². The number of carbonyl (C=O) groups is 4. The van der Waals surface area contributed by atoms with Gasteiger partial charge < -0.3 is 49.9 Å². The number of aliphatic hydroxyl groups is 2. The molecule has 3 aliphatic heterocycles. The molecule has 3 aliphatic rings. The molecule has 0 aliphatic carbocycles. The van der Waals surface area contributed by atoms with Gasteiger partial charge in [0.2, 0.25) is 17.7 Å². The van der Waals surface area contributed by atoms with Crippen LogP contribution in [0.1, 0.15) is 116 Å². The van der Waals surface area contributed by atoms with Crippen LogP contribution in [0.4, 0.5) is 0 Å². The zero-order valence-corrected chi connectivity index (χ0v) is 62.1. The van der Waals surface area contributed by atoms with Crippen molar-refractivity contribution in [2.45, 2.75) is 100 Å².